The molecule has 0 saturated carbocycles. The number of ether oxygens (including phenoxy) is 1. The molecule has 1 aliphatic rings. The molecule has 21 heavy (non-hydrogen) atoms. The van der Waals surface area contributed by atoms with E-state index in [4.69, 9.17) is 16.3 Å². The smallest absolute Gasteiger partial charge is 0.255 e. The number of rotatable bonds is 4. The van der Waals surface area contributed by atoms with E-state index >= 15 is 0 Å². The Balaban J connectivity index is 2.10. The number of piperidine rings is 1. The van der Waals surface area contributed by atoms with Gasteiger partial charge in [0, 0.05) is 25.2 Å². The first-order valence-corrected chi connectivity index (χ1v) is 7.66. The lowest BCUT2D eigenvalue weighted by molar-refractivity contribution is 0.0465. The third-order valence-corrected chi connectivity index (χ3v) is 4.03. The highest BCUT2D eigenvalue weighted by Gasteiger charge is 2.27. The minimum absolute atomic E-state index is 0.0993. The highest BCUT2D eigenvalue weighted by atomic mass is 35.5. The Hall–Kier alpha value is -1.33. The van der Waals surface area contributed by atoms with Crippen molar-refractivity contribution in [3.8, 4) is 5.88 Å². The number of hydrogen-bond donors (Lipinski definition) is 1. The predicted molar refractivity (Wildman–Crippen MR) is 80.7 cm³/mol. The van der Waals surface area contributed by atoms with Crippen molar-refractivity contribution in [2.24, 2.45) is 5.92 Å². The fourth-order valence-electron chi connectivity index (χ4n) is 2.56. The number of carbonyl (C=O) groups excluding carboxylic acids is 1. The summed E-state index contributed by atoms with van der Waals surface area (Å²) in [7, 11) is 0. The van der Waals surface area contributed by atoms with Crippen LogP contribution in [0.25, 0.3) is 0 Å². The van der Waals surface area contributed by atoms with Crippen molar-refractivity contribution in [1.82, 2.24) is 9.88 Å². The Labute approximate surface area is 129 Å². The van der Waals surface area contributed by atoms with Gasteiger partial charge in [-0.2, -0.15) is 0 Å². The van der Waals surface area contributed by atoms with E-state index in [1.54, 1.807) is 17.9 Å². The van der Waals surface area contributed by atoms with Gasteiger partial charge in [-0.3, -0.25) is 4.79 Å². The topological polar surface area (TPSA) is 62.7 Å². The molecular weight excluding hydrogens is 292 g/mol. The van der Waals surface area contributed by atoms with Crippen molar-refractivity contribution in [2.75, 3.05) is 19.7 Å². The number of carbonyl (C=O) groups is 1. The van der Waals surface area contributed by atoms with Gasteiger partial charge in [0.25, 0.3) is 5.91 Å². The second-order valence-electron chi connectivity index (χ2n) is 5.34. The van der Waals surface area contributed by atoms with Gasteiger partial charge in [-0.25, -0.2) is 4.98 Å². The third kappa shape index (κ3) is 3.86. The second-order valence-corrected chi connectivity index (χ2v) is 5.75. The molecule has 1 aromatic rings. The van der Waals surface area contributed by atoms with Crippen molar-refractivity contribution in [3.05, 3.63) is 22.8 Å². The maximum atomic E-state index is 12.5. The first-order chi connectivity index (χ1) is 10.0. The summed E-state index contributed by atoms with van der Waals surface area (Å²) in [6.07, 6.45) is 2.94. The minimum Gasteiger partial charge on any atom is -0.477 e. The molecule has 1 aliphatic heterocycles. The van der Waals surface area contributed by atoms with Crippen molar-refractivity contribution in [3.63, 3.8) is 0 Å². The van der Waals surface area contributed by atoms with Crippen LogP contribution in [-0.2, 0) is 0 Å². The normalized spacial score (nSPS) is 20.2. The lowest BCUT2D eigenvalue weighted by atomic mass is 9.93. The number of halogens is 1. The summed E-state index contributed by atoms with van der Waals surface area (Å²) >= 11 is 6.07. The number of amides is 1. The molecule has 0 spiro atoms. The number of nitrogens with zero attached hydrogens (tertiary/aromatic N) is 2. The number of aliphatic hydroxyl groups is 1. The molecule has 0 bridgehead atoms. The van der Waals surface area contributed by atoms with E-state index in [1.165, 1.54) is 6.20 Å². The molecule has 1 saturated heterocycles. The molecule has 5 nitrogen and oxygen atoms in total. The average Bonchev–Trinajstić information content (AvgIpc) is 2.49. The molecule has 6 heteroatoms. The molecule has 2 heterocycles. The zero-order valence-electron chi connectivity index (χ0n) is 12.4. The lowest BCUT2D eigenvalue weighted by Crippen LogP contribution is -2.43. The first-order valence-electron chi connectivity index (χ1n) is 7.28. The van der Waals surface area contributed by atoms with Gasteiger partial charge in [-0.05, 0) is 32.8 Å². The van der Waals surface area contributed by atoms with Crippen molar-refractivity contribution >= 4 is 17.5 Å². The Morgan fingerprint density at radius 2 is 2.43 bits per heavy atom. The fraction of sp³-hybridized carbons (Fsp3) is 0.600. The maximum Gasteiger partial charge on any atom is 0.255 e. The summed E-state index contributed by atoms with van der Waals surface area (Å²) in [6, 6.07) is 1.59. The minimum atomic E-state index is -0.400. The molecule has 0 aromatic carbocycles. The summed E-state index contributed by atoms with van der Waals surface area (Å²) in [6.45, 7) is 5.37. The van der Waals surface area contributed by atoms with Crippen LogP contribution in [0, 0.1) is 5.92 Å². The van der Waals surface area contributed by atoms with E-state index in [1.807, 2.05) is 6.92 Å². The Kier molecular flexibility index (Phi) is 5.42. The largest absolute Gasteiger partial charge is 0.477 e. The lowest BCUT2D eigenvalue weighted by Gasteiger charge is -2.34. The molecule has 2 atom stereocenters. The van der Waals surface area contributed by atoms with Crippen LogP contribution in [0.15, 0.2) is 12.3 Å². The number of aromatic nitrogens is 1. The maximum absolute atomic E-state index is 12.5. The van der Waals surface area contributed by atoms with Crippen LogP contribution in [-0.4, -0.2) is 46.7 Å². The Bertz CT molecular complexity index is 508. The molecule has 2 unspecified atom stereocenters. The van der Waals surface area contributed by atoms with E-state index in [0.29, 0.717) is 36.2 Å². The Morgan fingerprint density at radius 1 is 1.67 bits per heavy atom. The summed E-state index contributed by atoms with van der Waals surface area (Å²) in [5.74, 6) is 0.378. The number of aliphatic hydroxyl groups excluding tert-OH is 1. The van der Waals surface area contributed by atoms with Gasteiger partial charge in [0.2, 0.25) is 5.88 Å². The highest BCUT2D eigenvalue weighted by Crippen LogP contribution is 2.25. The van der Waals surface area contributed by atoms with Crippen molar-refractivity contribution in [1.29, 1.82) is 0 Å². The highest BCUT2D eigenvalue weighted by molar-refractivity contribution is 6.32. The van der Waals surface area contributed by atoms with Crippen LogP contribution in [0.5, 0.6) is 5.88 Å². The molecule has 1 N–H and O–H groups in total. The van der Waals surface area contributed by atoms with Crippen LogP contribution in [0.2, 0.25) is 5.02 Å². The standard InChI is InChI=1S/C15H21ClN2O3/c1-3-21-14-13(16)7-12(8-17-14)15(20)18-6-4-5-11(9-18)10(2)19/h7-8,10-11,19H,3-6,9H2,1-2H3. The number of pyridine rings is 1. The van der Waals surface area contributed by atoms with Gasteiger partial charge in [0.1, 0.15) is 5.02 Å². The fourth-order valence-corrected chi connectivity index (χ4v) is 2.78. The van der Waals surface area contributed by atoms with Gasteiger partial charge in [0.05, 0.1) is 18.3 Å². The number of hydrogen-bond acceptors (Lipinski definition) is 4. The molecule has 1 aromatic heterocycles. The van der Waals surface area contributed by atoms with Crippen LogP contribution in [0.3, 0.4) is 0 Å². The molecule has 2 rings (SSSR count). The van der Waals surface area contributed by atoms with E-state index < -0.39 is 6.10 Å². The van der Waals surface area contributed by atoms with Crippen LogP contribution < -0.4 is 4.74 Å². The summed E-state index contributed by atoms with van der Waals surface area (Å²) in [5.41, 5.74) is 0.453. The van der Waals surface area contributed by atoms with E-state index in [-0.39, 0.29) is 11.8 Å². The van der Waals surface area contributed by atoms with Gasteiger partial charge >= 0.3 is 0 Å². The quantitative estimate of drug-likeness (QED) is 0.927. The van der Waals surface area contributed by atoms with Gasteiger partial charge in [0.15, 0.2) is 0 Å². The summed E-state index contributed by atoms with van der Waals surface area (Å²) < 4.78 is 5.26. The molecule has 0 aliphatic carbocycles. The van der Waals surface area contributed by atoms with Crippen LogP contribution >= 0.6 is 11.6 Å². The third-order valence-electron chi connectivity index (χ3n) is 3.76. The van der Waals surface area contributed by atoms with Crippen LogP contribution in [0.4, 0.5) is 0 Å². The molecular formula is C15H21ClN2O3. The van der Waals surface area contributed by atoms with Gasteiger partial charge in [-0.1, -0.05) is 11.6 Å². The molecule has 0 radical (unpaired) electrons. The van der Waals surface area contributed by atoms with E-state index in [2.05, 4.69) is 4.98 Å². The SMILES string of the molecule is CCOc1ncc(C(=O)N2CCCC(C(C)O)C2)cc1Cl. The van der Waals surface area contributed by atoms with E-state index in [9.17, 15) is 9.90 Å². The summed E-state index contributed by atoms with van der Waals surface area (Å²) in [4.78, 5) is 18.3. The van der Waals surface area contributed by atoms with Gasteiger partial charge in [-0.15, -0.1) is 0 Å². The predicted octanol–water partition coefficient (Wildman–Crippen LogP) is 2.37. The molecule has 1 fully saturated rings. The first kappa shape index (κ1) is 16.0. The van der Waals surface area contributed by atoms with Crippen molar-refractivity contribution < 1.29 is 14.6 Å². The Morgan fingerprint density at radius 3 is 3.05 bits per heavy atom. The van der Waals surface area contributed by atoms with Crippen molar-refractivity contribution in [2.45, 2.75) is 32.8 Å². The zero-order valence-corrected chi connectivity index (χ0v) is 13.1. The average molecular weight is 313 g/mol. The molecule has 1 amide bonds. The number of likely N-dealkylation sites (tertiary alicyclic amines) is 1. The monoisotopic (exact) mass is 312 g/mol. The zero-order chi connectivity index (χ0) is 15.4. The van der Waals surface area contributed by atoms with E-state index in [0.717, 1.165) is 12.8 Å². The second kappa shape index (κ2) is 7.09. The molecule has 116 valence electrons. The summed E-state index contributed by atoms with van der Waals surface area (Å²) in [5, 5.41) is 10.0. The van der Waals surface area contributed by atoms with Gasteiger partial charge < -0.3 is 14.7 Å². The van der Waals surface area contributed by atoms with Crippen LogP contribution in [0.1, 0.15) is 37.0 Å².